The number of pyridine rings is 1. The summed E-state index contributed by atoms with van der Waals surface area (Å²) in [6, 6.07) is 6.75. The van der Waals surface area contributed by atoms with Crippen molar-refractivity contribution in [3.63, 3.8) is 0 Å². The minimum absolute atomic E-state index is 0.0575. The predicted octanol–water partition coefficient (Wildman–Crippen LogP) is 4.90. The van der Waals surface area contributed by atoms with Crippen LogP contribution in [0.5, 0.6) is 0 Å². The fourth-order valence-electron chi connectivity index (χ4n) is 4.15. The Morgan fingerprint density at radius 1 is 1.06 bits per heavy atom. The van der Waals surface area contributed by atoms with Gasteiger partial charge in [-0.3, -0.25) is 0 Å². The lowest BCUT2D eigenvalue weighted by Gasteiger charge is -2.30. The molecule has 5 nitrogen and oxygen atoms in total. The van der Waals surface area contributed by atoms with Crippen LogP contribution in [0, 0.1) is 11.6 Å². The summed E-state index contributed by atoms with van der Waals surface area (Å²) >= 11 is 0. The number of benzene rings is 1. The van der Waals surface area contributed by atoms with Gasteiger partial charge in [-0.25, -0.2) is 18.2 Å². The van der Waals surface area contributed by atoms with E-state index < -0.39 is 17.3 Å². The number of hydrogen-bond donors (Lipinski definition) is 3. The van der Waals surface area contributed by atoms with E-state index in [-0.39, 0.29) is 18.3 Å². The summed E-state index contributed by atoms with van der Waals surface area (Å²) in [6.07, 6.45) is 6.26. The molecular weight excluding hydrogens is 417 g/mol. The fraction of sp³-hybridized carbons (Fsp3) is 0.542. The number of nitrogens with one attached hydrogen (secondary N) is 3. The average Bonchev–Trinajstić information content (AvgIpc) is 3.53. The highest BCUT2D eigenvalue weighted by Gasteiger charge is 2.42. The molecule has 1 heterocycles. The molecule has 4 rings (SSSR count). The van der Waals surface area contributed by atoms with Gasteiger partial charge in [0.2, 0.25) is 0 Å². The molecule has 2 aromatic rings. The lowest BCUT2D eigenvalue weighted by atomic mass is 9.91. The van der Waals surface area contributed by atoms with Gasteiger partial charge in [0.25, 0.3) is 0 Å². The van der Waals surface area contributed by atoms with Crippen molar-refractivity contribution < 1.29 is 17.9 Å². The summed E-state index contributed by atoms with van der Waals surface area (Å²) in [4.78, 5) is 4.20. The lowest BCUT2D eigenvalue weighted by Crippen LogP contribution is -2.38. The Morgan fingerprint density at radius 2 is 1.81 bits per heavy atom. The van der Waals surface area contributed by atoms with E-state index >= 15 is 0 Å². The number of hydrogen-bond acceptors (Lipinski definition) is 5. The molecule has 0 saturated heterocycles. The van der Waals surface area contributed by atoms with Crippen LogP contribution in [0.3, 0.4) is 0 Å². The molecule has 2 aliphatic carbocycles. The van der Waals surface area contributed by atoms with E-state index in [9.17, 15) is 13.2 Å². The van der Waals surface area contributed by atoms with E-state index in [0.29, 0.717) is 42.4 Å². The van der Waals surface area contributed by atoms with Crippen LogP contribution in [0.25, 0.3) is 11.1 Å². The van der Waals surface area contributed by atoms with Crippen LogP contribution in [0.15, 0.2) is 30.5 Å². The number of aromatic nitrogens is 1. The van der Waals surface area contributed by atoms with Gasteiger partial charge in [0.05, 0.1) is 18.5 Å². The van der Waals surface area contributed by atoms with Gasteiger partial charge in [0.15, 0.2) is 0 Å². The van der Waals surface area contributed by atoms with Crippen LogP contribution in [-0.4, -0.2) is 49.5 Å². The first-order chi connectivity index (χ1) is 15.5. The third kappa shape index (κ3) is 5.92. The molecule has 0 radical (unpaired) electrons. The van der Waals surface area contributed by atoms with E-state index in [1.165, 1.54) is 24.4 Å². The highest BCUT2D eigenvalue weighted by molar-refractivity contribution is 5.71. The molecule has 0 atom stereocenters. The summed E-state index contributed by atoms with van der Waals surface area (Å²) < 4.78 is 47.7. The molecule has 2 fully saturated rings. The van der Waals surface area contributed by atoms with Crippen LogP contribution in [0.4, 0.5) is 24.7 Å². The molecule has 1 aromatic carbocycles. The van der Waals surface area contributed by atoms with Crippen molar-refractivity contribution in [2.45, 2.75) is 56.3 Å². The minimum atomic E-state index is -1.25. The SMILES string of the molecule is COCCNC1CCC(Nc2cc(-c3ccc(F)c(NCC4(F)CC4)c3)c(F)cn2)CC1. The second kappa shape index (κ2) is 10.1. The maximum absolute atomic E-state index is 14.6. The topological polar surface area (TPSA) is 58.2 Å². The van der Waals surface area contributed by atoms with Gasteiger partial charge in [-0.05, 0) is 62.3 Å². The Kier molecular flexibility index (Phi) is 7.20. The summed E-state index contributed by atoms with van der Waals surface area (Å²) in [7, 11) is 1.70. The molecule has 0 spiro atoms. The number of anilines is 2. The first-order valence-corrected chi connectivity index (χ1v) is 11.3. The molecular formula is C24H31F3N4O. The minimum Gasteiger partial charge on any atom is -0.383 e. The van der Waals surface area contributed by atoms with Crippen molar-refractivity contribution in [1.29, 1.82) is 0 Å². The number of methoxy groups -OCH3 is 1. The average molecular weight is 449 g/mol. The van der Waals surface area contributed by atoms with Crippen molar-refractivity contribution in [2.24, 2.45) is 0 Å². The zero-order valence-electron chi connectivity index (χ0n) is 18.4. The van der Waals surface area contributed by atoms with Crippen LogP contribution < -0.4 is 16.0 Å². The number of halogens is 3. The summed E-state index contributed by atoms with van der Waals surface area (Å²) in [5.74, 6) is -0.373. The van der Waals surface area contributed by atoms with Crippen LogP contribution in [0.2, 0.25) is 0 Å². The normalized spacial score (nSPS) is 21.9. The highest BCUT2D eigenvalue weighted by Crippen LogP contribution is 2.40. The Morgan fingerprint density at radius 3 is 2.53 bits per heavy atom. The van der Waals surface area contributed by atoms with Gasteiger partial charge in [-0.2, -0.15) is 0 Å². The second-order valence-corrected chi connectivity index (χ2v) is 8.89. The van der Waals surface area contributed by atoms with Gasteiger partial charge < -0.3 is 20.7 Å². The monoisotopic (exact) mass is 448 g/mol. The maximum atomic E-state index is 14.6. The maximum Gasteiger partial charge on any atom is 0.149 e. The Labute approximate surface area is 187 Å². The summed E-state index contributed by atoms with van der Waals surface area (Å²) in [5.41, 5.74) is -0.218. The third-order valence-electron chi connectivity index (χ3n) is 6.34. The summed E-state index contributed by atoms with van der Waals surface area (Å²) in [6.45, 7) is 1.61. The molecule has 2 saturated carbocycles. The zero-order valence-corrected chi connectivity index (χ0v) is 18.4. The molecule has 0 aliphatic heterocycles. The molecule has 8 heteroatoms. The van der Waals surface area contributed by atoms with Crippen molar-refractivity contribution in [1.82, 2.24) is 10.3 Å². The quantitative estimate of drug-likeness (QED) is 0.452. The Hall–Kier alpha value is -2.32. The van der Waals surface area contributed by atoms with Crippen molar-refractivity contribution in [3.8, 4) is 11.1 Å². The predicted molar refractivity (Wildman–Crippen MR) is 121 cm³/mol. The standard InChI is InChI=1S/C24H31F3N4O/c1-32-11-10-28-17-3-5-18(6-4-17)31-23-13-19(21(26)14-29-23)16-2-7-20(25)22(12-16)30-15-24(27)8-9-24/h2,7,12-14,17-18,28,30H,3-6,8-11,15H2,1H3,(H,29,31). The number of ether oxygens (including phenoxy) is 1. The van der Waals surface area contributed by atoms with Crippen molar-refractivity contribution in [3.05, 3.63) is 42.1 Å². The van der Waals surface area contributed by atoms with Crippen LogP contribution in [0.1, 0.15) is 38.5 Å². The van der Waals surface area contributed by atoms with Crippen molar-refractivity contribution in [2.75, 3.05) is 37.4 Å². The molecule has 2 aliphatic rings. The fourth-order valence-corrected chi connectivity index (χ4v) is 4.15. The van der Waals surface area contributed by atoms with Crippen LogP contribution in [-0.2, 0) is 4.74 Å². The molecule has 1 aromatic heterocycles. The third-order valence-corrected chi connectivity index (χ3v) is 6.34. The molecule has 32 heavy (non-hydrogen) atoms. The Bertz CT molecular complexity index is 914. The number of rotatable bonds is 10. The first-order valence-electron chi connectivity index (χ1n) is 11.3. The van der Waals surface area contributed by atoms with Crippen molar-refractivity contribution >= 4 is 11.5 Å². The Balaban J connectivity index is 1.40. The number of alkyl halides is 1. The molecule has 0 amide bonds. The molecule has 0 bridgehead atoms. The van der Waals surface area contributed by atoms with Gasteiger partial charge in [-0.15, -0.1) is 0 Å². The molecule has 3 N–H and O–H groups in total. The van der Waals surface area contributed by atoms with Crippen LogP contribution >= 0.6 is 0 Å². The van der Waals surface area contributed by atoms with Gasteiger partial charge in [-0.1, -0.05) is 6.07 Å². The smallest absolute Gasteiger partial charge is 0.149 e. The molecule has 174 valence electrons. The van der Waals surface area contributed by atoms with Gasteiger partial charge in [0, 0.05) is 37.8 Å². The van der Waals surface area contributed by atoms with Gasteiger partial charge >= 0.3 is 0 Å². The highest BCUT2D eigenvalue weighted by atomic mass is 19.1. The zero-order chi connectivity index (χ0) is 22.6. The van der Waals surface area contributed by atoms with E-state index in [0.717, 1.165) is 32.2 Å². The largest absolute Gasteiger partial charge is 0.383 e. The first kappa shape index (κ1) is 22.9. The number of nitrogens with zero attached hydrogens (tertiary/aromatic N) is 1. The van der Waals surface area contributed by atoms with E-state index in [4.69, 9.17) is 4.74 Å². The summed E-state index contributed by atoms with van der Waals surface area (Å²) in [5, 5.41) is 9.75. The second-order valence-electron chi connectivity index (χ2n) is 8.89. The van der Waals surface area contributed by atoms with E-state index in [1.807, 2.05) is 0 Å². The van der Waals surface area contributed by atoms with E-state index in [1.54, 1.807) is 13.2 Å². The molecule has 0 unspecified atom stereocenters. The lowest BCUT2D eigenvalue weighted by molar-refractivity contribution is 0.191. The van der Waals surface area contributed by atoms with E-state index in [2.05, 4.69) is 20.9 Å². The van der Waals surface area contributed by atoms with Gasteiger partial charge in [0.1, 0.15) is 23.1 Å².